The molecule has 0 fully saturated rings. The van der Waals surface area contributed by atoms with Gasteiger partial charge in [0.05, 0.1) is 10.6 Å². The molecule has 0 saturated carbocycles. The molecule has 0 aliphatic rings. The van der Waals surface area contributed by atoms with Gasteiger partial charge in [-0.2, -0.15) is 0 Å². The Morgan fingerprint density at radius 1 is 1.38 bits per heavy atom. The molecule has 0 bridgehead atoms. The van der Waals surface area contributed by atoms with Crippen molar-refractivity contribution in [2.24, 2.45) is 5.41 Å². The third-order valence-corrected chi connectivity index (χ3v) is 2.60. The van der Waals surface area contributed by atoms with Crippen LogP contribution in [0.3, 0.4) is 0 Å². The summed E-state index contributed by atoms with van der Waals surface area (Å²) in [7, 11) is 1.98. The Balaban J connectivity index is 3.04. The Morgan fingerprint density at radius 2 is 2.00 bits per heavy atom. The second-order valence-corrected chi connectivity index (χ2v) is 5.61. The second kappa shape index (κ2) is 4.88. The van der Waals surface area contributed by atoms with Gasteiger partial charge in [0, 0.05) is 19.3 Å². The number of nitrogens with zero attached hydrogens (tertiary/aromatic N) is 1. The smallest absolute Gasteiger partial charge is 0.153 e. The lowest BCUT2D eigenvalue weighted by atomic mass is 9.96. The van der Waals surface area contributed by atoms with Crippen LogP contribution in [0.4, 0.5) is 5.69 Å². The molecule has 0 saturated heterocycles. The van der Waals surface area contributed by atoms with Gasteiger partial charge in [0.1, 0.15) is 0 Å². The summed E-state index contributed by atoms with van der Waals surface area (Å²) in [5.74, 6) is 0. The maximum absolute atomic E-state index is 11.0. The number of halogens is 1. The molecule has 0 N–H and O–H groups in total. The number of benzene rings is 1. The number of aldehydes is 1. The SMILES string of the molecule is CN(CC(C)(C)C)c1cccc(Cl)c1C=O. The van der Waals surface area contributed by atoms with E-state index in [1.165, 1.54) is 0 Å². The zero-order chi connectivity index (χ0) is 12.3. The molecule has 0 aliphatic carbocycles. The van der Waals surface area contributed by atoms with Crippen molar-refractivity contribution in [1.82, 2.24) is 0 Å². The molecule has 0 spiro atoms. The van der Waals surface area contributed by atoms with E-state index in [2.05, 4.69) is 25.7 Å². The van der Waals surface area contributed by atoms with Gasteiger partial charge in [-0.05, 0) is 17.5 Å². The van der Waals surface area contributed by atoms with E-state index < -0.39 is 0 Å². The predicted molar refractivity (Wildman–Crippen MR) is 69.6 cm³/mol. The molecule has 16 heavy (non-hydrogen) atoms. The lowest BCUT2D eigenvalue weighted by molar-refractivity contribution is 0.112. The Labute approximate surface area is 102 Å². The second-order valence-electron chi connectivity index (χ2n) is 5.21. The van der Waals surface area contributed by atoms with Crippen molar-refractivity contribution in [2.45, 2.75) is 20.8 Å². The van der Waals surface area contributed by atoms with Crippen molar-refractivity contribution in [1.29, 1.82) is 0 Å². The molecule has 0 unspecified atom stereocenters. The van der Waals surface area contributed by atoms with Crippen LogP contribution >= 0.6 is 11.6 Å². The van der Waals surface area contributed by atoms with E-state index in [1.807, 2.05) is 19.2 Å². The maximum Gasteiger partial charge on any atom is 0.153 e. The van der Waals surface area contributed by atoms with Gasteiger partial charge in [0.15, 0.2) is 6.29 Å². The van der Waals surface area contributed by atoms with Crippen molar-refractivity contribution in [3.8, 4) is 0 Å². The van der Waals surface area contributed by atoms with Crippen LogP contribution in [0.1, 0.15) is 31.1 Å². The van der Waals surface area contributed by atoms with Crippen LogP contribution in [0.15, 0.2) is 18.2 Å². The van der Waals surface area contributed by atoms with Crippen LogP contribution in [0.2, 0.25) is 5.02 Å². The third kappa shape index (κ3) is 3.24. The van der Waals surface area contributed by atoms with Crippen LogP contribution in [-0.2, 0) is 0 Å². The van der Waals surface area contributed by atoms with Crippen LogP contribution < -0.4 is 4.90 Å². The van der Waals surface area contributed by atoms with Crippen molar-refractivity contribution in [3.63, 3.8) is 0 Å². The van der Waals surface area contributed by atoms with Crippen molar-refractivity contribution < 1.29 is 4.79 Å². The third-order valence-electron chi connectivity index (χ3n) is 2.27. The van der Waals surface area contributed by atoms with Crippen molar-refractivity contribution >= 4 is 23.6 Å². The van der Waals surface area contributed by atoms with Gasteiger partial charge in [-0.15, -0.1) is 0 Å². The summed E-state index contributed by atoms with van der Waals surface area (Å²) < 4.78 is 0. The highest BCUT2D eigenvalue weighted by atomic mass is 35.5. The summed E-state index contributed by atoms with van der Waals surface area (Å²) in [5.41, 5.74) is 1.63. The summed E-state index contributed by atoms with van der Waals surface area (Å²) in [6.07, 6.45) is 0.816. The first-order valence-electron chi connectivity index (χ1n) is 5.30. The summed E-state index contributed by atoms with van der Waals surface area (Å²) in [5, 5.41) is 0.508. The molecule has 3 heteroatoms. The fourth-order valence-electron chi connectivity index (χ4n) is 1.77. The molecular weight excluding hydrogens is 222 g/mol. The first-order chi connectivity index (χ1) is 7.35. The van der Waals surface area contributed by atoms with Gasteiger partial charge < -0.3 is 4.90 Å². The molecule has 0 atom stereocenters. The minimum Gasteiger partial charge on any atom is -0.373 e. The standard InChI is InChI=1S/C13H18ClNO/c1-13(2,3)9-15(4)12-7-5-6-11(14)10(12)8-16/h5-8H,9H2,1-4H3. The molecular formula is C13H18ClNO. The van der Waals surface area contributed by atoms with Gasteiger partial charge in [-0.25, -0.2) is 0 Å². The molecule has 0 radical (unpaired) electrons. The summed E-state index contributed by atoms with van der Waals surface area (Å²) >= 11 is 5.99. The number of hydrogen-bond donors (Lipinski definition) is 0. The lowest BCUT2D eigenvalue weighted by Crippen LogP contribution is -2.29. The minimum absolute atomic E-state index is 0.178. The van der Waals surface area contributed by atoms with E-state index in [4.69, 9.17) is 11.6 Å². The largest absolute Gasteiger partial charge is 0.373 e. The highest BCUT2D eigenvalue weighted by Gasteiger charge is 2.16. The molecule has 88 valence electrons. The number of carbonyl (C=O) groups excluding carboxylic acids is 1. The average molecular weight is 240 g/mol. The van der Waals surface area contributed by atoms with E-state index in [9.17, 15) is 4.79 Å². The molecule has 1 aromatic rings. The van der Waals surface area contributed by atoms with Gasteiger partial charge in [0.2, 0.25) is 0 Å². The molecule has 1 rings (SSSR count). The summed E-state index contributed by atoms with van der Waals surface area (Å²) in [6, 6.07) is 5.52. The quantitative estimate of drug-likeness (QED) is 0.751. The van der Waals surface area contributed by atoms with E-state index >= 15 is 0 Å². The van der Waals surface area contributed by atoms with Gasteiger partial charge in [0.25, 0.3) is 0 Å². The summed E-state index contributed by atoms with van der Waals surface area (Å²) in [4.78, 5) is 13.1. The Hall–Kier alpha value is -1.02. The number of carbonyl (C=O) groups is 1. The topological polar surface area (TPSA) is 20.3 Å². The zero-order valence-corrected chi connectivity index (χ0v) is 11.0. The average Bonchev–Trinajstić information content (AvgIpc) is 2.14. The van der Waals surface area contributed by atoms with Gasteiger partial charge in [-0.3, -0.25) is 4.79 Å². The maximum atomic E-state index is 11.0. The number of anilines is 1. The number of rotatable bonds is 3. The van der Waals surface area contributed by atoms with Crippen LogP contribution in [0.5, 0.6) is 0 Å². The fourth-order valence-corrected chi connectivity index (χ4v) is 1.99. The van der Waals surface area contributed by atoms with Crippen molar-refractivity contribution in [3.05, 3.63) is 28.8 Å². The normalized spacial score (nSPS) is 11.3. The molecule has 1 aromatic carbocycles. The molecule has 0 amide bonds. The molecule has 0 aliphatic heterocycles. The monoisotopic (exact) mass is 239 g/mol. The lowest BCUT2D eigenvalue weighted by Gasteiger charge is -2.29. The van der Waals surface area contributed by atoms with E-state index in [0.717, 1.165) is 18.5 Å². The van der Waals surface area contributed by atoms with E-state index in [0.29, 0.717) is 10.6 Å². The Morgan fingerprint density at radius 3 is 2.50 bits per heavy atom. The molecule has 0 heterocycles. The van der Waals surface area contributed by atoms with Crippen LogP contribution in [-0.4, -0.2) is 19.9 Å². The molecule has 2 nitrogen and oxygen atoms in total. The fraction of sp³-hybridized carbons (Fsp3) is 0.462. The van der Waals surface area contributed by atoms with Gasteiger partial charge >= 0.3 is 0 Å². The highest BCUT2D eigenvalue weighted by Crippen LogP contribution is 2.27. The van der Waals surface area contributed by atoms with Crippen LogP contribution in [0, 0.1) is 5.41 Å². The Bertz CT molecular complexity index is 382. The Kier molecular flexibility index (Phi) is 3.98. The van der Waals surface area contributed by atoms with Crippen molar-refractivity contribution in [2.75, 3.05) is 18.5 Å². The zero-order valence-electron chi connectivity index (χ0n) is 10.2. The van der Waals surface area contributed by atoms with E-state index in [-0.39, 0.29) is 5.41 Å². The number of hydrogen-bond acceptors (Lipinski definition) is 2. The first kappa shape index (κ1) is 13.0. The highest BCUT2D eigenvalue weighted by molar-refractivity contribution is 6.33. The predicted octanol–water partition coefficient (Wildman–Crippen LogP) is 3.63. The van der Waals surface area contributed by atoms with E-state index in [1.54, 1.807) is 6.07 Å². The van der Waals surface area contributed by atoms with Gasteiger partial charge in [-0.1, -0.05) is 38.4 Å². The van der Waals surface area contributed by atoms with Crippen LogP contribution in [0.25, 0.3) is 0 Å². The first-order valence-corrected chi connectivity index (χ1v) is 5.68. The molecule has 0 aromatic heterocycles. The summed E-state index contributed by atoms with van der Waals surface area (Å²) in [6.45, 7) is 7.35. The minimum atomic E-state index is 0.178.